The number of aliphatic hydroxyl groups is 1. The van der Waals surface area contributed by atoms with Crippen molar-refractivity contribution in [2.75, 3.05) is 13.7 Å². The number of fused-ring (bicyclic) bond motifs is 2. The van der Waals surface area contributed by atoms with Gasteiger partial charge in [-0.25, -0.2) is 4.79 Å². The third-order valence-corrected chi connectivity index (χ3v) is 5.33. The summed E-state index contributed by atoms with van der Waals surface area (Å²) in [6.07, 6.45) is 6.67. The Hall–Kier alpha value is -1.89. The number of hydrogen-bond acceptors (Lipinski definition) is 6. The zero-order chi connectivity index (χ0) is 16.2. The van der Waals surface area contributed by atoms with Crippen LogP contribution in [0.15, 0.2) is 16.7 Å². The van der Waals surface area contributed by atoms with Crippen LogP contribution < -0.4 is 0 Å². The molecule has 23 heavy (non-hydrogen) atoms. The monoisotopic (exact) mass is 319 g/mol. The lowest BCUT2D eigenvalue weighted by Gasteiger charge is -2.44. The topological polar surface area (TPSA) is 88.7 Å². The van der Waals surface area contributed by atoms with Gasteiger partial charge in [-0.3, -0.25) is 0 Å². The van der Waals surface area contributed by atoms with Gasteiger partial charge in [0.05, 0.1) is 13.2 Å². The van der Waals surface area contributed by atoms with Crippen LogP contribution in [0.1, 0.15) is 43.8 Å². The summed E-state index contributed by atoms with van der Waals surface area (Å²) in [5, 5.41) is 14.6. The average Bonchev–Trinajstić information content (AvgIpc) is 3.32. The van der Waals surface area contributed by atoms with Crippen LogP contribution in [0.2, 0.25) is 0 Å². The maximum absolute atomic E-state index is 12.0. The van der Waals surface area contributed by atoms with E-state index in [9.17, 15) is 9.90 Å². The van der Waals surface area contributed by atoms with E-state index in [1.807, 2.05) is 6.08 Å². The minimum atomic E-state index is -1.06. The second-order valence-electron chi connectivity index (χ2n) is 6.98. The Morgan fingerprint density at radius 2 is 2.26 bits per heavy atom. The van der Waals surface area contributed by atoms with E-state index in [0.29, 0.717) is 12.4 Å². The van der Waals surface area contributed by atoms with Gasteiger partial charge < -0.3 is 19.3 Å². The molecular formula is C16H21N3O4. The highest BCUT2D eigenvalue weighted by Gasteiger charge is 2.47. The number of methoxy groups -OCH3 is 1. The maximum atomic E-state index is 12.0. The molecule has 1 amide bonds. The summed E-state index contributed by atoms with van der Waals surface area (Å²) in [4.78, 5) is 18.1. The van der Waals surface area contributed by atoms with E-state index in [1.165, 1.54) is 7.11 Å². The SMILES string of the molecule is COC(=O)N1CC2C=CC1C(c1noc(C(C)(O)C3CC3)n1)C2. The summed E-state index contributed by atoms with van der Waals surface area (Å²) in [7, 11) is 1.39. The number of hydrogen-bond donors (Lipinski definition) is 1. The van der Waals surface area contributed by atoms with Crippen LogP contribution in [0.25, 0.3) is 0 Å². The van der Waals surface area contributed by atoms with Gasteiger partial charge in [-0.2, -0.15) is 4.98 Å². The molecule has 1 saturated carbocycles. The largest absolute Gasteiger partial charge is 0.453 e. The van der Waals surface area contributed by atoms with Gasteiger partial charge in [0.25, 0.3) is 5.89 Å². The first-order chi connectivity index (χ1) is 11.0. The molecule has 4 atom stereocenters. The Labute approximate surface area is 134 Å². The lowest BCUT2D eigenvalue weighted by Crippen LogP contribution is -2.52. The Kier molecular flexibility index (Phi) is 3.23. The number of rotatable bonds is 3. The van der Waals surface area contributed by atoms with E-state index in [4.69, 9.17) is 9.26 Å². The average molecular weight is 319 g/mol. The van der Waals surface area contributed by atoms with Gasteiger partial charge in [-0.15, -0.1) is 0 Å². The highest BCUT2D eigenvalue weighted by Crippen LogP contribution is 2.46. The molecule has 1 aromatic heterocycles. The molecule has 7 heteroatoms. The number of ether oxygens (including phenoxy) is 1. The van der Waals surface area contributed by atoms with E-state index in [2.05, 4.69) is 16.2 Å². The molecule has 2 aliphatic carbocycles. The lowest BCUT2D eigenvalue weighted by molar-refractivity contribution is 0.000914. The molecule has 7 nitrogen and oxygen atoms in total. The van der Waals surface area contributed by atoms with Crippen molar-refractivity contribution in [3.05, 3.63) is 23.9 Å². The van der Waals surface area contributed by atoms with Gasteiger partial charge in [-0.1, -0.05) is 17.3 Å². The summed E-state index contributed by atoms with van der Waals surface area (Å²) in [6.45, 7) is 2.39. The molecule has 0 spiro atoms. The molecule has 3 heterocycles. The third kappa shape index (κ3) is 2.34. The molecule has 0 aromatic carbocycles. The summed E-state index contributed by atoms with van der Waals surface area (Å²) in [5.41, 5.74) is -1.06. The maximum Gasteiger partial charge on any atom is 0.410 e. The number of nitrogens with zero attached hydrogens (tertiary/aromatic N) is 3. The van der Waals surface area contributed by atoms with Crippen LogP contribution in [-0.4, -0.2) is 45.9 Å². The van der Waals surface area contributed by atoms with Crippen molar-refractivity contribution in [3.8, 4) is 0 Å². The molecule has 2 bridgehead atoms. The van der Waals surface area contributed by atoms with Crippen molar-refractivity contribution in [2.45, 2.75) is 43.7 Å². The fourth-order valence-corrected chi connectivity index (χ4v) is 3.76. The molecule has 124 valence electrons. The minimum Gasteiger partial charge on any atom is -0.453 e. The minimum absolute atomic E-state index is 0.0228. The fourth-order valence-electron chi connectivity index (χ4n) is 3.76. The summed E-state index contributed by atoms with van der Waals surface area (Å²) < 4.78 is 10.2. The second kappa shape index (κ2) is 5.06. The smallest absolute Gasteiger partial charge is 0.410 e. The molecule has 4 unspecified atom stereocenters. The van der Waals surface area contributed by atoms with Crippen molar-refractivity contribution in [3.63, 3.8) is 0 Å². The number of amides is 1. The summed E-state index contributed by atoms with van der Waals surface area (Å²) in [6, 6.07) is -0.122. The third-order valence-electron chi connectivity index (χ3n) is 5.33. The standard InChI is InChI=1S/C16H21N3O4/c1-16(21,10-4-5-10)14-17-13(18-23-14)11-7-9-3-6-12(11)19(8-9)15(20)22-2/h3,6,9-12,21H,4-5,7-8H2,1-2H3. The van der Waals surface area contributed by atoms with Crippen molar-refractivity contribution >= 4 is 6.09 Å². The quantitative estimate of drug-likeness (QED) is 0.855. The van der Waals surface area contributed by atoms with Crippen LogP contribution >= 0.6 is 0 Å². The molecule has 2 aliphatic heterocycles. The lowest BCUT2D eigenvalue weighted by atomic mass is 9.77. The molecule has 1 aromatic rings. The van der Waals surface area contributed by atoms with Gasteiger partial charge in [0.1, 0.15) is 5.60 Å². The van der Waals surface area contributed by atoms with Gasteiger partial charge >= 0.3 is 6.09 Å². The van der Waals surface area contributed by atoms with Crippen LogP contribution in [0.3, 0.4) is 0 Å². The van der Waals surface area contributed by atoms with Gasteiger partial charge in [0.15, 0.2) is 5.82 Å². The summed E-state index contributed by atoms with van der Waals surface area (Å²) in [5.74, 6) is 1.30. The van der Waals surface area contributed by atoms with E-state index in [1.54, 1.807) is 11.8 Å². The first-order valence-corrected chi connectivity index (χ1v) is 8.10. The van der Waals surface area contributed by atoms with Gasteiger partial charge in [-0.05, 0) is 38.0 Å². The predicted octanol–water partition coefficient (Wildman–Crippen LogP) is 1.80. The van der Waals surface area contributed by atoms with E-state index in [-0.39, 0.29) is 35.8 Å². The van der Waals surface area contributed by atoms with Crippen LogP contribution in [-0.2, 0) is 10.3 Å². The number of carbonyl (C=O) groups excluding carboxylic acids is 1. The Balaban J connectivity index is 1.60. The summed E-state index contributed by atoms with van der Waals surface area (Å²) >= 11 is 0. The Morgan fingerprint density at radius 3 is 2.91 bits per heavy atom. The molecular weight excluding hydrogens is 298 g/mol. The normalized spacial score (nSPS) is 32.0. The van der Waals surface area contributed by atoms with Crippen molar-refractivity contribution in [2.24, 2.45) is 11.8 Å². The number of carbonyl (C=O) groups is 1. The van der Waals surface area contributed by atoms with E-state index >= 15 is 0 Å². The highest BCUT2D eigenvalue weighted by molar-refractivity contribution is 5.69. The zero-order valence-corrected chi connectivity index (χ0v) is 13.3. The van der Waals surface area contributed by atoms with Crippen LogP contribution in [0, 0.1) is 11.8 Å². The zero-order valence-electron chi connectivity index (χ0n) is 13.3. The van der Waals surface area contributed by atoms with Crippen LogP contribution in [0.5, 0.6) is 0 Å². The molecule has 2 fully saturated rings. The molecule has 0 radical (unpaired) electrons. The second-order valence-corrected chi connectivity index (χ2v) is 6.98. The number of piperidine rings is 1. The Morgan fingerprint density at radius 1 is 1.48 bits per heavy atom. The predicted molar refractivity (Wildman–Crippen MR) is 79.5 cm³/mol. The van der Waals surface area contributed by atoms with Crippen molar-refractivity contribution < 1.29 is 19.2 Å². The van der Waals surface area contributed by atoms with Crippen molar-refractivity contribution in [1.82, 2.24) is 15.0 Å². The first kappa shape index (κ1) is 14.7. The molecule has 1 N–H and O–H groups in total. The highest BCUT2D eigenvalue weighted by atomic mass is 16.5. The molecule has 1 saturated heterocycles. The number of aromatic nitrogens is 2. The fraction of sp³-hybridized carbons (Fsp3) is 0.688. The Bertz CT molecular complexity index is 650. The van der Waals surface area contributed by atoms with Crippen molar-refractivity contribution in [1.29, 1.82) is 0 Å². The molecule has 4 aliphatic rings. The van der Waals surface area contributed by atoms with Gasteiger partial charge in [0.2, 0.25) is 0 Å². The van der Waals surface area contributed by atoms with Gasteiger partial charge in [0, 0.05) is 12.5 Å². The molecule has 5 rings (SSSR count). The van der Waals surface area contributed by atoms with E-state index < -0.39 is 5.60 Å². The van der Waals surface area contributed by atoms with E-state index in [0.717, 1.165) is 19.3 Å². The van der Waals surface area contributed by atoms with Crippen LogP contribution in [0.4, 0.5) is 4.79 Å². The first-order valence-electron chi connectivity index (χ1n) is 8.10.